The molecule has 0 aliphatic carbocycles. The number of allylic oxidation sites excluding steroid dienone is 2. The predicted molar refractivity (Wildman–Crippen MR) is 68.2 cm³/mol. The smallest absolute Gasteiger partial charge is 0.0230 e. The van der Waals surface area contributed by atoms with E-state index in [2.05, 4.69) is 45.5 Å². The molecular weight excluding hydrogens is 180 g/mol. The number of hydrogen-bond acceptors (Lipinski definition) is 0. The largest absolute Gasteiger partial charge is 0.115 e. The van der Waals surface area contributed by atoms with Gasteiger partial charge in [0.25, 0.3) is 0 Å². The van der Waals surface area contributed by atoms with Crippen molar-refractivity contribution in [2.75, 3.05) is 0 Å². The van der Waals surface area contributed by atoms with Gasteiger partial charge in [-0.1, -0.05) is 30.8 Å². The second kappa shape index (κ2) is 6.36. The second-order valence-corrected chi connectivity index (χ2v) is 4.92. The van der Waals surface area contributed by atoms with Crippen molar-refractivity contribution in [1.29, 1.82) is 0 Å². The summed E-state index contributed by atoms with van der Waals surface area (Å²) in [5.41, 5.74) is 1.18. The molecule has 0 heteroatoms. The molecule has 0 spiro atoms. The molecule has 0 amide bonds. The van der Waals surface area contributed by atoms with Gasteiger partial charge in [-0.25, -0.2) is 0 Å². The van der Waals surface area contributed by atoms with Gasteiger partial charge in [-0.2, -0.15) is 0 Å². The van der Waals surface area contributed by atoms with Crippen LogP contribution in [0.1, 0.15) is 47.5 Å². The van der Waals surface area contributed by atoms with Crippen LogP contribution in [0.25, 0.3) is 0 Å². The topological polar surface area (TPSA) is 0 Å². The van der Waals surface area contributed by atoms with E-state index in [1.54, 1.807) is 0 Å². The van der Waals surface area contributed by atoms with E-state index < -0.39 is 0 Å². The zero-order valence-electron chi connectivity index (χ0n) is 10.6. The Kier molecular flexibility index (Phi) is 5.88. The van der Waals surface area contributed by atoms with Crippen molar-refractivity contribution in [2.24, 2.45) is 11.3 Å². The zero-order chi connectivity index (χ0) is 11.9. The molecule has 0 N–H and O–H groups in total. The molecule has 0 fully saturated rings. The summed E-state index contributed by atoms with van der Waals surface area (Å²) >= 11 is 0. The summed E-state index contributed by atoms with van der Waals surface area (Å²) in [6.45, 7) is 10.5. The van der Waals surface area contributed by atoms with Gasteiger partial charge >= 0.3 is 0 Å². The van der Waals surface area contributed by atoms with Crippen LogP contribution in [0.4, 0.5) is 0 Å². The minimum absolute atomic E-state index is 0.101. The third-order valence-electron chi connectivity index (χ3n) is 2.07. The van der Waals surface area contributed by atoms with Crippen molar-refractivity contribution in [3.63, 3.8) is 0 Å². The molecule has 0 nitrogen and oxygen atoms in total. The van der Waals surface area contributed by atoms with Crippen molar-refractivity contribution >= 4 is 0 Å². The molecule has 1 atom stereocenters. The van der Waals surface area contributed by atoms with E-state index in [9.17, 15) is 0 Å². The highest BCUT2D eigenvalue weighted by molar-refractivity contribution is 5.24. The van der Waals surface area contributed by atoms with E-state index in [4.69, 9.17) is 6.42 Å². The van der Waals surface area contributed by atoms with Crippen LogP contribution >= 0.6 is 0 Å². The Morgan fingerprint density at radius 2 is 2.00 bits per heavy atom. The first kappa shape index (κ1) is 13.9. The maximum Gasteiger partial charge on any atom is 0.0230 e. The summed E-state index contributed by atoms with van der Waals surface area (Å²) < 4.78 is 0. The lowest BCUT2D eigenvalue weighted by Gasteiger charge is -2.09. The quantitative estimate of drug-likeness (QED) is 0.606. The van der Waals surface area contributed by atoms with Crippen LogP contribution in [0.3, 0.4) is 0 Å². The normalized spacial score (nSPS) is 13.7. The van der Waals surface area contributed by atoms with Crippen molar-refractivity contribution in [3.05, 3.63) is 11.6 Å². The van der Waals surface area contributed by atoms with E-state index in [-0.39, 0.29) is 5.41 Å². The van der Waals surface area contributed by atoms with Crippen LogP contribution in [0.2, 0.25) is 0 Å². The van der Waals surface area contributed by atoms with Crippen LogP contribution in [-0.4, -0.2) is 0 Å². The molecule has 0 radical (unpaired) electrons. The van der Waals surface area contributed by atoms with Gasteiger partial charge in [0.15, 0.2) is 0 Å². The molecule has 0 bridgehead atoms. The third kappa shape index (κ3) is 7.90. The highest BCUT2D eigenvalue weighted by Crippen LogP contribution is 2.14. The van der Waals surface area contributed by atoms with Crippen molar-refractivity contribution in [3.8, 4) is 24.2 Å². The van der Waals surface area contributed by atoms with Gasteiger partial charge in [0.1, 0.15) is 0 Å². The first-order chi connectivity index (χ1) is 6.89. The Labute approximate surface area is 95.2 Å². The summed E-state index contributed by atoms with van der Waals surface area (Å²) in [7, 11) is 0. The van der Waals surface area contributed by atoms with Gasteiger partial charge < -0.3 is 0 Å². The molecule has 1 unspecified atom stereocenters. The molecule has 0 aromatic rings. The second-order valence-electron chi connectivity index (χ2n) is 4.92. The molecule has 0 saturated heterocycles. The van der Waals surface area contributed by atoms with Crippen molar-refractivity contribution in [1.82, 2.24) is 0 Å². The average Bonchev–Trinajstić information content (AvgIpc) is 2.15. The van der Waals surface area contributed by atoms with Gasteiger partial charge in [0.05, 0.1) is 0 Å². The Morgan fingerprint density at radius 1 is 1.40 bits per heavy atom. The molecule has 82 valence electrons. The Hall–Kier alpha value is -1.14. The fourth-order valence-electron chi connectivity index (χ4n) is 1.08. The summed E-state index contributed by atoms with van der Waals surface area (Å²) in [5.74, 6) is 9.66. The van der Waals surface area contributed by atoms with Crippen LogP contribution in [0.15, 0.2) is 11.6 Å². The summed E-state index contributed by atoms with van der Waals surface area (Å²) in [6, 6.07) is 0. The van der Waals surface area contributed by atoms with Crippen LogP contribution in [0.5, 0.6) is 0 Å². The average molecular weight is 202 g/mol. The molecule has 0 aromatic heterocycles. The van der Waals surface area contributed by atoms with Crippen molar-refractivity contribution in [2.45, 2.75) is 47.5 Å². The van der Waals surface area contributed by atoms with E-state index >= 15 is 0 Å². The molecule has 15 heavy (non-hydrogen) atoms. The molecule has 0 aromatic carbocycles. The highest BCUT2D eigenvalue weighted by atomic mass is 14.1. The lowest BCUT2D eigenvalue weighted by molar-refractivity contribution is 0.566. The van der Waals surface area contributed by atoms with E-state index in [1.165, 1.54) is 0 Å². The lowest BCUT2D eigenvalue weighted by Crippen LogP contribution is -2.01. The van der Waals surface area contributed by atoms with Crippen LogP contribution in [0, 0.1) is 35.5 Å². The molecular formula is C15H22. The Bertz CT molecular complexity index is 307. The number of rotatable bonds is 3. The molecule has 0 rings (SSSR count). The fourth-order valence-corrected chi connectivity index (χ4v) is 1.08. The maximum absolute atomic E-state index is 5.36. The molecule has 0 aliphatic rings. The zero-order valence-corrected chi connectivity index (χ0v) is 10.6. The minimum Gasteiger partial charge on any atom is -0.115 e. The Balaban J connectivity index is 4.11. The van der Waals surface area contributed by atoms with Gasteiger partial charge in [-0.15, -0.1) is 6.42 Å². The van der Waals surface area contributed by atoms with Gasteiger partial charge in [0.2, 0.25) is 0 Å². The van der Waals surface area contributed by atoms with Crippen LogP contribution < -0.4 is 0 Å². The number of terminal acetylenes is 1. The highest BCUT2D eigenvalue weighted by Gasteiger charge is 2.05. The fraction of sp³-hybridized carbons (Fsp3) is 0.600. The lowest BCUT2D eigenvalue weighted by atomic mass is 9.95. The third-order valence-corrected chi connectivity index (χ3v) is 2.07. The summed E-state index contributed by atoms with van der Waals surface area (Å²) in [4.78, 5) is 0. The van der Waals surface area contributed by atoms with E-state index in [0.29, 0.717) is 5.92 Å². The summed E-state index contributed by atoms with van der Waals surface area (Å²) in [6.07, 6.45) is 9.38. The maximum atomic E-state index is 5.36. The summed E-state index contributed by atoms with van der Waals surface area (Å²) in [5, 5.41) is 0. The first-order valence-corrected chi connectivity index (χ1v) is 5.53. The molecule has 0 saturated carbocycles. The number of hydrogen-bond donors (Lipinski definition) is 0. The SMILES string of the molecule is C#CC(=CC)CCC(C)C#CC(C)(C)C. The monoisotopic (exact) mass is 202 g/mol. The van der Waals surface area contributed by atoms with Crippen molar-refractivity contribution < 1.29 is 0 Å². The van der Waals surface area contributed by atoms with Crippen LogP contribution in [-0.2, 0) is 0 Å². The standard InChI is InChI=1S/C15H22/c1-7-14(8-2)10-9-13(3)11-12-15(4,5)6/h1,8,13H,9-10H2,2-6H3. The van der Waals surface area contributed by atoms with E-state index in [0.717, 1.165) is 18.4 Å². The minimum atomic E-state index is 0.101. The van der Waals surface area contributed by atoms with Gasteiger partial charge in [0, 0.05) is 11.3 Å². The van der Waals surface area contributed by atoms with Gasteiger partial charge in [-0.05, 0) is 46.1 Å². The predicted octanol–water partition coefficient (Wildman–Crippen LogP) is 4.03. The molecule has 0 aliphatic heterocycles. The van der Waals surface area contributed by atoms with Gasteiger partial charge in [-0.3, -0.25) is 0 Å². The molecule has 0 heterocycles. The Morgan fingerprint density at radius 3 is 2.40 bits per heavy atom. The van der Waals surface area contributed by atoms with E-state index in [1.807, 2.05) is 13.0 Å². The first-order valence-electron chi connectivity index (χ1n) is 5.53.